The lowest BCUT2D eigenvalue weighted by atomic mass is 9.72. The average molecular weight is 909 g/mol. The first kappa shape index (κ1) is 45.0. The quantitative estimate of drug-likeness (QED) is 0.0836. The molecule has 64 heavy (non-hydrogen) atoms. The fourth-order valence-corrected chi connectivity index (χ4v) is 10.2. The number of anilines is 1. The number of hydrogen-bond acceptors (Lipinski definition) is 11. The van der Waals surface area contributed by atoms with Crippen molar-refractivity contribution in [1.82, 2.24) is 24.4 Å². The molecule has 0 bridgehead atoms. The van der Waals surface area contributed by atoms with Gasteiger partial charge in [0.1, 0.15) is 5.52 Å². The van der Waals surface area contributed by atoms with Gasteiger partial charge in [-0.25, -0.2) is 17.8 Å². The number of aromatic nitrogens is 3. The van der Waals surface area contributed by atoms with Crippen LogP contribution >= 0.6 is 11.6 Å². The van der Waals surface area contributed by atoms with Gasteiger partial charge in [-0.05, 0) is 122 Å². The molecule has 5 aromatic rings. The van der Waals surface area contributed by atoms with E-state index in [1.165, 1.54) is 28.8 Å². The SMILES string of the molecule is C=Cc1cnc2cnn(-c3cc(N4CCN(CC5=C(c6ccc(Cl)cc6)CC(C)(C)CC5)CC4)ccc3C(=O)NS(=O)(=O)c3ccc(OC[C@H]4CC[C@H](OC)CC4)c([N+](=O)[O-])c3)c2c1. The van der Waals surface area contributed by atoms with E-state index in [1.54, 1.807) is 36.3 Å². The fraction of sp³-hybridized carbons (Fsp3) is 0.396. The number of carbonyl (C=O) groups excluding carboxylic acids is 1. The van der Waals surface area contributed by atoms with Crippen LogP contribution in [-0.2, 0) is 14.8 Å². The van der Waals surface area contributed by atoms with Crippen LogP contribution in [0.5, 0.6) is 5.75 Å². The minimum atomic E-state index is -4.60. The van der Waals surface area contributed by atoms with E-state index in [0.29, 0.717) is 16.7 Å². The van der Waals surface area contributed by atoms with E-state index in [0.717, 1.165) is 100 Å². The van der Waals surface area contributed by atoms with E-state index in [4.69, 9.17) is 21.1 Å². The maximum atomic E-state index is 14.2. The highest BCUT2D eigenvalue weighted by molar-refractivity contribution is 7.90. The van der Waals surface area contributed by atoms with Crippen LogP contribution in [-0.4, -0.2) is 91.5 Å². The Morgan fingerprint density at radius 1 is 1.02 bits per heavy atom. The summed E-state index contributed by atoms with van der Waals surface area (Å²) in [6, 6.07) is 18.7. The van der Waals surface area contributed by atoms with Gasteiger partial charge in [0.15, 0.2) is 5.75 Å². The second-order valence-electron chi connectivity index (χ2n) is 17.8. The summed E-state index contributed by atoms with van der Waals surface area (Å²) in [6.07, 6.45) is 11.8. The number of amides is 1. The number of pyridine rings is 1. The summed E-state index contributed by atoms with van der Waals surface area (Å²) in [5.74, 6) is -0.784. The van der Waals surface area contributed by atoms with Gasteiger partial charge in [0.25, 0.3) is 15.9 Å². The van der Waals surface area contributed by atoms with Crippen molar-refractivity contribution in [3.63, 3.8) is 0 Å². The number of piperazine rings is 1. The smallest absolute Gasteiger partial charge is 0.312 e. The molecule has 1 N–H and O–H groups in total. The maximum Gasteiger partial charge on any atom is 0.312 e. The highest BCUT2D eigenvalue weighted by atomic mass is 35.5. The van der Waals surface area contributed by atoms with Gasteiger partial charge in [-0.3, -0.25) is 24.8 Å². The minimum Gasteiger partial charge on any atom is -0.487 e. The molecule has 0 radical (unpaired) electrons. The molecule has 336 valence electrons. The lowest BCUT2D eigenvalue weighted by Gasteiger charge is -2.39. The number of sulfonamides is 1. The number of halogens is 1. The molecule has 3 aliphatic rings. The highest BCUT2D eigenvalue weighted by Gasteiger charge is 2.31. The second kappa shape index (κ2) is 18.9. The summed E-state index contributed by atoms with van der Waals surface area (Å²) in [5.41, 5.74) is 6.91. The molecule has 8 rings (SSSR count). The van der Waals surface area contributed by atoms with Gasteiger partial charge in [-0.15, -0.1) is 0 Å². The lowest BCUT2D eigenvalue weighted by molar-refractivity contribution is -0.386. The van der Waals surface area contributed by atoms with E-state index in [9.17, 15) is 23.3 Å². The number of rotatable bonds is 14. The Kier molecular flexibility index (Phi) is 13.2. The molecule has 14 nitrogen and oxygen atoms in total. The van der Waals surface area contributed by atoms with E-state index >= 15 is 0 Å². The van der Waals surface area contributed by atoms with Crippen molar-refractivity contribution in [2.75, 3.05) is 51.3 Å². The summed E-state index contributed by atoms with van der Waals surface area (Å²) in [7, 11) is -2.91. The first-order valence-electron chi connectivity index (χ1n) is 21.8. The Balaban J connectivity index is 1.03. The first-order valence-corrected chi connectivity index (χ1v) is 23.6. The number of carbonyl (C=O) groups is 1. The van der Waals surface area contributed by atoms with Gasteiger partial charge in [0.2, 0.25) is 0 Å². The van der Waals surface area contributed by atoms with Crippen molar-refractivity contribution < 1.29 is 27.6 Å². The van der Waals surface area contributed by atoms with E-state index in [2.05, 4.69) is 57.2 Å². The van der Waals surface area contributed by atoms with Crippen molar-refractivity contribution >= 4 is 61.6 Å². The van der Waals surface area contributed by atoms with Crippen LogP contribution in [0.1, 0.15) is 80.3 Å². The molecule has 1 aliphatic heterocycles. The predicted octanol–water partition coefficient (Wildman–Crippen LogP) is 9.11. The highest BCUT2D eigenvalue weighted by Crippen LogP contribution is 2.43. The molecule has 3 aromatic carbocycles. The number of nitrogens with one attached hydrogen (secondary N) is 1. The summed E-state index contributed by atoms with van der Waals surface area (Å²) in [5, 5.41) is 17.5. The molecule has 0 spiro atoms. The second-order valence-corrected chi connectivity index (χ2v) is 20.0. The third-order valence-electron chi connectivity index (χ3n) is 12.9. The number of nitrogens with zero attached hydrogens (tertiary/aromatic N) is 6. The molecule has 1 saturated carbocycles. The molecule has 3 heterocycles. The number of allylic oxidation sites excluding steroid dienone is 1. The lowest BCUT2D eigenvalue weighted by Crippen LogP contribution is -2.47. The van der Waals surface area contributed by atoms with Crippen LogP contribution in [0.2, 0.25) is 5.02 Å². The minimum absolute atomic E-state index is 0.0273. The number of fused-ring (bicyclic) bond motifs is 1. The summed E-state index contributed by atoms with van der Waals surface area (Å²) < 4.78 is 42.7. The largest absolute Gasteiger partial charge is 0.487 e. The van der Waals surface area contributed by atoms with Crippen LogP contribution in [0.4, 0.5) is 11.4 Å². The zero-order valence-corrected chi connectivity index (χ0v) is 38.0. The third kappa shape index (κ3) is 10.0. The molecule has 0 atom stereocenters. The first-order chi connectivity index (χ1) is 30.7. The normalized spacial score (nSPS) is 19.4. The van der Waals surface area contributed by atoms with Crippen LogP contribution in [0.15, 0.2) is 96.2 Å². The number of nitro benzene ring substituents is 1. The maximum absolute atomic E-state index is 14.2. The number of benzene rings is 3. The van der Waals surface area contributed by atoms with Gasteiger partial charge < -0.3 is 14.4 Å². The molecule has 2 fully saturated rings. The molecular weight excluding hydrogens is 854 g/mol. The van der Waals surface area contributed by atoms with Crippen molar-refractivity contribution in [3.05, 3.63) is 123 Å². The predicted molar refractivity (Wildman–Crippen MR) is 250 cm³/mol. The zero-order valence-electron chi connectivity index (χ0n) is 36.5. The Morgan fingerprint density at radius 3 is 2.47 bits per heavy atom. The number of nitro groups is 1. The average Bonchev–Trinajstić information content (AvgIpc) is 3.72. The molecule has 2 aliphatic carbocycles. The fourth-order valence-electron chi connectivity index (χ4n) is 9.12. The molecule has 0 unspecified atom stereocenters. The van der Waals surface area contributed by atoms with Crippen LogP contribution < -0.4 is 14.4 Å². The van der Waals surface area contributed by atoms with Crippen LogP contribution in [0, 0.1) is 21.4 Å². The van der Waals surface area contributed by atoms with Gasteiger partial charge in [0, 0.05) is 62.8 Å². The molecular formula is C48H54ClN7O7S. The van der Waals surface area contributed by atoms with Crippen molar-refractivity contribution in [2.45, 2.75) is 69.8 Å². The Labute approximate surface area is 379 Å². The Morgan fingerprint density at radius 2 is 1.77 bits per heavy atom. The molecule has 1 amide bonds. The molecule has 16 heteroatoms. The van der Waals surface area contributed by atoms with Crippen LogP contribution in [0.3, 0.4) is 0 Å². The number of hydrogen-bond donors (Lipinski definition) is 1. The van der Waals surface area contributed by atoms with Crippen LogP contribution in [0.25, 0.3) is 28.4 Å². The standard InChI is InChI=1S/C48H54ClN7O7S/c1-5-32-24-44-42(50-28-32)29-51-55(44)43-25-37(54-22-20-53(21-23-54)30-35-18-19-48(2,3)27-41(35)34-8-10-36(49)11-9-34)12-16-40(43)47(57)52-64(60,61)39-15-17-46(45(26-39)56(58)59)63-31-33-6-13-38(62-4)14-7-33/h5,8-12,15-17,24-26,28-29,33,38H,1,6-7,13-14,18-23,27,30-31H2,2-4H3,(H,52,57)/t33-,38-. The summed E-state index contributed by atoms with van der Waals surface area (Å²) in [6.45, 7) is 12.8. The van der Waals surface area contributed by atoms with Crippen molar-refractivity contribution in [3.8, 4) is 11.4 Å². The Hall–Kier alpha value is -5.61. The summed E-state index contributed by atoms with van der Waals surface area (Å²) in [4.78, 5) is 34.4. The number of ether oxygens (including phenoxy) is 2. The summed E-state index contributed by atoms with van der Waals surface area (Å²) >= 11 is 6.25. The van der Waals surface area contributed by atoms with E-state index < -0.39 is 31.4 Å². The van der Waals surface area contributed by atoms with Gasteiger partial charge in [-0.2, -0.15) is 5.10 Å². The number of methoxy groups -OCH3 is 1. The monoisotopic (exact) mass is 907 g/mol. The van der Waals surface area contributed by atoms with Gasteiger partial charge in [0.05, 0.1) is 45.5 Å². The van der Waals surface area contributed by atoms with Crippen molar-refractivity contribution in [2.24, 2.45) is 11.3 Å². The van der Waals surface area contributed by atoms with E-state index in [-0.39, 0.29) is 35.4 Å². The molecule has 1 saturated heterocycles. The topological polar surface area (TPSA) is 162 Å². The van der Waals surface area contributed by atoms with E-state index in [1.807, 2.05) is 30.3 Å². The van der Waals surface area contributed by atoms with Crippen molar-refractivity contribution in [1.29, 1.82) is 0 Å². The van der Waals surface area contributed by atoms with Gasteiger partial charge >= 0.3 is 5.69 Å². The zero-order chi connectivity index (χ0) is 45.2. The molecule has 2 aromatic heterocycles. The Bertz CT molecular complexity index is 2700. The van der Waals surface area contributed by atoms with Gasteiger partial charge in [-0.1, -0.05) is 55.8 Å². The third-order valence-corrected chi connectivity index (χ3v) is 14.5.